The molecule has 0 radical (unpaired) electrons. The SMILES string of the molecule is O=c1c(-c2ccc(O[C@@H]3O[C@H](CO)[C@@H](O)[C@H]3O)cc2)coc2cc(O)cc(O)c12. The highest BCUT2D eigenvalue weighted by molar-refractivity contribution is 5.88. The van der Waals surface area contributed by atoms with E-state index in [0.29, 0.717) is 11.3 Å². The van der Waals surface area contributed by atoms with Crippen molar-refractivity contribution in [3.63, 3.8) is 0 Å². The van der Waals surface area contributed by atoms with Gasteiger partial charge in [0.1, 0.15) is 52.8 Å². The fourth-order valence-electron chi connectivity index (χ4n) is 3.23. The summed E-state index contributed by atoms with van der Waals surface area (Å²) >= 11 is 0. The van der Waals surface area contributed by atoms with Crippen molar-refractivity contribution in [1.29, 1.82) is 0 Å². The van der Waals surface area contributed by atoms with E-state index < -0.39 is 36.6 Å². The summed E-state index contributed by atoms with van der Waals surface area (Å²) in [6, 6.07) is 8.51. The van der Waals surface area contributed by atoms with Crippen LogP contribution in [0.25, 0.3) is 22.1 Å². The number of aromatic hydroxyl groups is 2. The van der Waals surface area contributed by atoms with Crippen molar-refractivity contribution in [3.8, 4) is 28.4 Å². The molecule has 29 heavy (non-hydrogen) atoms. The Morgan fingerprint density at radius 1 is 1.03 bits per heavy atom. The third-order valence-corrected chi connectivity index (χ3v) is 4.76. The van der Waals surface area contributed by atoms with Gasteiger partial charge >= 0.3 is 0 Å². The van der Waals surface area contributed by atoms with Crippen molar-refractivity contribution in [2.24, 2.45) is 0 Å². The zero-order valence-electron chi connectivity index (χ0n) is 14.9. The summed E-state index contributed by atoms with van der Waals surface area (Å²) in [6.07, 6.45) is -3.45. The Morgan fingerprint density at radius 2 is 1.76 bits per heavy atom. The minimum absolute atomic E-state index is 0.0489. The van der Waals surface area contributed by atoms with Gasteiger partial charge in [-0.3, -0.25) is 4.79 Å². The second-order valence-corrected chi connectivity index (χ2v) is 6.67. The highest BCUT2D eigenvalue weighted by atomic mass is 16.7. The first kappa shape index (κ1) is 19.2. The lowest BCUT2D eigenvalue weighted by atomic mass is 10.0. The zero-order valence-corrected chi connectivity index (χ0v) is 14.9. The van der Waals surface area contributed by atoms with Gasteiger partial charge in [-0.15, -0.1) is 0 Å². The highest BCUT2D eigenvalue weighted by Gasteiger charge is 2.43. The Bertz CT molecular complexity index is 1090. The second-order valence-electron chi connectivity index (χ2n) is 6.67. The van der Waals surface area contributed by atoms with Gasteiger partial charge in [0.15, 0.2) is 0 Å². The van der Waals surface area contributed by atoms with Crippen LogP contribution in [0.4, 0.5) is 0 Å². The molecule has 0 unspecified atom stereocenters. The molecule has 0 bridgehead atoms. The summed E-state index contributed by atoms with van der Waals surface area (Å²) < 4.78 is 16.1. The van der Waals surface area contributed by atoms with Crippen LogP contribution in [-0.2, 0) is 4.74 Å². The minimum Gasteiger partial charge on any atom is -0.508 e. The number of benzene rings is 2. The molecule has 9 heteroatoms. The molecule has 5 N–H and O–H groups in total. The quantitative estimate of drug-likeness (QED) is 0.425. The first-order chi connectivity index (χ1) is 13.9. The number of phenols is 2. The molecule has 4 rings (SSSR count). The van der Waals surface area contributed by atoms with Crippen LogP contribution in [0.5, 0.6) is 17.2 Å². The third-order valence-electron chi connectivity index (χ3n) is 4.76. The topological polar surface area (TPSA) is 150 Å². The molecule has 0 saturated carbocycles. The van der Waals surface area contributed by atoms with Crippen LogP contribution in [0.3, 0.4) is 0 Å². The molecule has 152 valence electrons. The molecule has 1 saturated heterocycles. The van der Waals surface area contributed by atoms with Gasteiger partial charge < -0.3 is 39.4 Å². The van der Waals surface area contributed by atoms with Crippen molar-refractivity contribution in [3.05, 3.63) is 52.9 Å². The zero-order chi connectivity index (χ0) is 20.7. The first-order valence-electron chi connectivity index (χ1n) is 8.76. The molecule has 4 atom stereocenters. The largest absolute Gasteiger partial charge is 0.508 e. The molecular weight excluding hydrogens is 384 g/mol. The number of rotatable bonds is 4. The maximum atomic E-state index is 12.7. The molecular formula is C20H18O9. The van der Waals surface area contributed by atoms with E-state index in [0.717, 1.165) is 6.07 Å². The van der Waals surface area contributed by atoms with Crippen LogP contribution in [0.15, 0.2) is 51.9 Å². The normalized spacial score (nSPS) is 24.1. The Kier molecular flexibility index (Phi) is 4.89. The predicted octanol–water partition coefficient (Wildman–Crippen LogP) is 0.689. The number of fused-ring (bicyclic) bond motifs is 1. The number of ether oxygens (including phenoxy) is 2. The lowest BCUT2D eigenvalue weighted by Crippen LogP contribution is -2.35. The average Bonchev–Trinajstić information content (AvgIpc) is 2.96. The molecule has 1 fully saturated rings. The van der Waals surface area contributed by atoms with Crippen molar-refractivity contribution < 1.29 is 39.4 Å². The van der Waals surface area contributed by atoms with E-state index in [4.69, 9.17) is 19.0 Å². The maximum absolute atomic E-state index is 12.7. The summed E-state index contributed by atoms with van der Waals surface area (Å²) in [7, 11) is 0. The van der Waals surface area contributed by atoms with Gasteiger partial charge in [0.2, 0.25) is 11.7 Å². The monoisotopic (exact) mass is 402 g/mol. The standard InChI is InChI=1S/C20H18O9/c21-7-15-18(25)19(26)20(29-15)28-11-3-1-9(2-4-11)12-8-27-14-6-10(22)5-13(23)16(14)17(12)24/h1-6,8,15,18-23,25-26H,7H2/t15-,18-,19-,20-/m1/s1. The van der Waals surface area contributed by atoms with Crippen LogP contribution in [0, 0.1) is 0 Å². The molecule has 1 aliphatic heterocycles. The smallest absolute Gasteiger partial charge is 0.229 e. The molecule has 0 amide bonds. The molecule has 9 nitrogen and oxygen atoms in total. The molecule has 2 aromatic carbocycles. The van der Waals surface area contributed by atoms with Gasteiger partial charge in [0, 0.05) is 12.1 Å². The minimum atomic E-state index is -1.32. The second kappa shape index (κ2) is 7.37. The van der Waals surface area contributed by atoms with E-state index in [1.54, 1.807) is 12.1 Å². The summed E-state index contributed by atoms with van der Waals surface area (Å²) in [5.41, 5.74) is 0.265. The third kappa shape index (κ3) is 3.40. The van der Waals surface area contributed by atoms with E-state index >= 15 is 0 Å². The molecule has 1 aliphatic rings. The van der Waals surface area contributed by atoms with Crippen LogP contribution in [-0.4, -0.2) is 56.7 Å². The number of hydrogen-bond acceptors (Lipinski definition) is 9. The number of phenolic OH excluding ortho intramolecular Hbond substituents is 2. The summed E-state index contributed by atoms with van der Waals surface area (Å²) in [6.45, 7) is -0.459. The molecule has 3 aromatic rings. The average molecular weight is 402 g/mol. The van der Waals surface area contributed by atoms with Gasteiger partial charge in [0.05, 0.1) is 12.2 Å². The summed E-state index contributed by atoms with van der Waals surface area (Å²) in [4.78, 5) is 12.7. The molecule has 1 aromatic heterocycles. The lowest BCUT2D eigenvalue weighted by molar-refractivity contribution is -0.116. The first-order valence-corrected chi connectivity index (χ1v) is 8.76. The van der Waals surface area contributed by atoms with Crippen molar-refractivity contribution >= 4 is 11.0 Å². The lowest BCUT2D eigenvalue weighted by Gasteiger charge is -2.17. The number of hydrogen-bond donors (Lipinski definition) is 5. The van der Waals surface area contributed by atoms with Crippen LogP contribution < -0.4 is 10.2 Å². The fraction of sp³-hybridized carbons (Fsp3) is 0.250. The van der Waals surface area contributed by atoms with Crippen LogP contribution in [0.2, 0.25) is 0 Å². The number of aliphatic hydroxyl groups is 3. The molecule has 2 heterocycles. The van der Waals surface area contributed by atoms with E-state index in [1.807, 2.05) is 0 Å². The van der Waals surface area contributed by atoms with E-state index in [-0.39, 0.29) is 28.0 Å². The Labute approximate surface area is 163 Å². The maximum Gasteiger partial charge on any atom is 0.229 e. The van der Waals surface area contributed by atoms with E-state index in [2.05, 4.69) is 0 Å². The van der Waals surface area contributed by atoms with Crippen LogP contribution >= 0.6 is 0 Å². The van der Waals surface area contributed by atoms with Gasteiger partial charge in [0.25, 0.3) is 0 Å². The highest BCUT2D eigenvalue weighted by Crippen LogP contribution is 2.30. The van der Waals surface area contributed by atoms with Gasteiger partial charge in [-0.05, 0) is 17.7 Å². The van der Waals surface area contributed by atoms with Crippen LogP contribution in [0.1, 0.15) is 0 Å². The van der Waals surface area contributed by atoms with Crippen molar-refractivity contribution in [2.45, 2.75) is 24.6 Å². The fourth-order valence-corrected chi connectivity index (χ4v) is 3.23. The molecule has 0 spiro atoms. The predicted molar refractivity (Wildman–Crippen MR) is 99.6 cm³/mol. The van der Waals surface area contributed by atoms with Gasteiger partial charge in [-0.25, -0.2) is 0 Å². The Hall–Kier alpha value is -3.11. The summed E-state index contributed by atoms with van der Waals surface area (Å²) in [5.74, 6) is -0.307. The van der Waals surface area contributed by atoms with Crippen molar-refractivity contribution in [2.75, 3.05) is 6.61 Å². The van der Waals surface area contributed by atoms with E-state index in [1.165, 1.54) is 24.5 Å². The Balaban J connectivity index is 1.60. The van der Waals surface area contributed by atoms with Gasteiger partial charge in [-0.1, -0.05) is 12.1 Å². The van der Waals surface area contributed by atoms with Gasteiger partial charge in [-0.2, -0.15) is 0 Å². The summed E-state index contributed by atoms with van der Waals surface area (Å²) in [5, 5.41) is 48.2. The molecule has 0 aliphatic carbocycles. The number of aliphatic hydroxyl groups excluding tert-OH is 3. The van der Waals surface area contributed by atoms with E-state index in [9.17, 15) is 25.2 Å². The van der Waals surface area contributed by atoms with Crippen molar-refractivity contribution in [1.82, 2.24) is 0 Å². The Morgan fingerprint density at radius 3 is 2.41 bits per heavy atom.